The van der Waals surface area contributed by atoms with Gasteiger partial charge in [0.05, 0.1) is 11.5 Å². The molecular formula is C10H12N4O4. The topological polar surface area (TPSA) is 120 Å². The number of anilines is 1. The second kappa shape index (κ2) is 6.18. The molecule has 0 heterocycles. The minimum atomic E-state index is -0.788. The number of nitro groups is 1. The molecular weight excluding hydrogens is 240 g/mol. The summed E-state index contributed by atoms with van der Waals surface area (Å²) in [5.74, 6) is -1.20. The van der Waals surface area contributed by atoms with E-state index in [1.807, 2.05) is 0 Å². The van der Waals surface area contributed by atoms with Crippen LogP contribution in [0.3, 0.4) is 0 Å². The van der Waals surface area contributed by atoms with Crippen molar-refractivity contribution in [2.75, 3.05) is 12.0 Å². The standard InChI is InChI=1S/C10H12N4O4/c1-2-18-10(15)9(11)13-12-7-5-3-4-6-8(7)14(16)17/h3-6,12H,2H2,1H3,(H2,11,13). The highest BCUT2D eigenvalue weighted by Crippen LogP contribution is 2.22. The second-order valence-corrected chi connectivity index (χ2v) is 3.10. The van der Waals surface area contributed by atoms with Crippen LogP contribution in [0.1, 0.15) is 6.92 Å². The molecule has 1 aromatic rings. The van der Waals surface area contributed by atoms with E-state index >= 15 is 0 Å². The van der Waals surface area contributed by atoms with Crippen LogP contribution in [0.15, 0.2) is 29.4 Å². The number of nitrogens with two attached hydrogens (primary N) is 1. The molecule has 8 nitrogen and oxygen atoms in total. The minimum Gasteiger partial charge on any atom is -0.460 e. The van der Waals surface area contributed by atoms with Crippen molar-refractivity contribution in [1.82, 2.24) is 0 Å². The summed E-state index contributed by atoms with van der Waals surface area (Å²) in [7, 11) is 0. The van der Waals surface area contributed by atoms with E-state index in [9.17, 15) is 14.9 Å². The first-order chi connectivity index (χ1) is 8.56. The summed E-state index contributed by atoms with van der Waals surface area (Å²) in [4.78, 5) is 21.3. The van der Waals surface area contributed by atoms with E-state index in [1.54, 1.807) is 13.0 Å². The van der Waals surface area contributed by atoms with Crippen LogP contribution < -0.4 is 11.2 Å². The molecule has 0 fully saturated rings. The molecule has 3 N–H and O–H groups in total. The van der Waals surface area contributed by atoms with E-state index in [1.165, 1.54) is 18.2 Å². The number of nitro benzene ring substituents is 1. The number of ether oxygens (including phenoxy) is 1. The first-order valence-electron chi connectivity index (χ1n) is 5.06. The first kappa shape index (κ1) is 13.4. The molecule has 0 amide bonds. The van der Waals surface area contributed by atoms with Gasteiger partial charge in [0.25, 0.3) is 5.69 Å². The van der Waals surface area contributed by atoms with Gasteiger partial charge in [-0.2, -0.15) is 0 Å². The lowest BCUT2D eigenvalue weighted by Gasteiger charge is -2.03. The van der Waals surface area contributed by atoms with Crippen LogP contribution in [-0.4, -0.2) is 23.3 Å². The zero-order valence-corrected chi connectivity index (χ0v) is 9.62. The van der Waals surface area contributed by atoms with Crippen LogP contribution in [0.2, 0.25) is 0 Å². The van der Waals surface area contributed by atoms with Gasteiger partial charge in [0.2, 0.25) is 5.84 Å². The maximum absolute atomic E-state index is 11.1. The van der Waals surface area contributed by atoms with Gasteiger partial charge in [-0.25, -0.2) is 4.79 Å². The summed E-state index contributed by atoms with van der Waals surface area (Å²) in [6, 6.07) is 5.85. The highest BCUT2D eigenvalue weighted by molar-refractivity contribution is 6.34. The fourth-order valence-corrected chi connectivity index (χ4v) is 1.10. The molecule has 0 saturated carbocycles. The number of carbonyl (C=O) groups is 1. The van der Waals surface area contributed by atoms with Gasteiger partial charge in [-0.1, -0.05) is 12.1 Å². The Hall–Kier alpha value is -2.64. The smallest absolute Gasteiger partial charge is 0.375 e. The molecule has 0 aromatic heterocycles. The van der Waals surface area contributed by atoms with Crippen molar-refractivity contribution in [2.45, 2.75) is 6.92 Å². The van der Waals surface area contributed by atoms with Crippen LogP contribution in [0.5, 0.6) is 0 Å². The van der Waals surface area contributed by atoms with Gasteiger partial charge in [-0.15, -0.1) is 5.10 Å². The van der Waals surface area contributed by atoms with Crippen LogP contribution in [-0.2, 0) is 9.53 Å². The summed E-state index contributed by atoms with van der Waals surface area (Å²) in [5, 5.41) is 14.2. The second-order valence-electron chi connectivity index (χ2n) is 3.10. The molecule has 0 radical (unpaired) electrons. The highest BCUT2D eigenvalue weighted by atomic mass is 16.6. The lowest BCUT2D eigenvalue weighted by atomic mass is 10.3. The normalized spacial score (nSPS) is 10.8. The lowest BCUT2D eigenvalue weighted by Crippen LogP contribution is -2.27. The van der Waals surface area contributed by atoms with Gasteiger partial charge >= 0.3 is 5.97 Å². The molecule has 0 saturated heterocycles. The molecule has 0 spiro atoms. The quantitative estimate of drug-likeness (QED) is 0.269. The Morgan fingerprint density at radius 2 is 2.22 bits per heavy atom. The Labute approximate surface area is 103 Å². The predicted octanol–water partition coefficient (Wildman–Crippen LogP) is 0.842. The van der Waals surface area contributed by atoms with Gasteiger partial charge in [0, 0.05) is 6.07 Å². The fourth-order valence-electron chi connectivity index (χ4n) is 1.10. The molecule has 1 aromatic carbocycles. The summed E-state index contributed by atoms with van der Waals surface area (Å²) < 4.78 is 4.60. The van der Waals surface area contributed by atoms with Crippen molar-refractivity contribution in [3.8, 4) is 0 Å². The van der Waals surface area contributed by atoms with E-state index in [0.717, 1.165) is 0 Å². The zero-order valence-electron chi connectivity index (χ0n) is 9.62. The Morgan fingerprint density at radius 3 is 2.83 bits per heavy atom. The molecule has 0 bridgehead atoms. The van der Waals surface area contributed by atoms with Crippen molar-refractivity contribution < 1.29 is 14.5 Å². The van der Waals surface area contributed by atoms with Crippen LogP contribution in [0, 0.1) is 10.1 Å². The van der Waals surface area contributed by atoms with Gasteiger partial charge in [-0.05, 0) is 13.0 Å². The lowest BCUT2D eigenvalue weighted by molar-refractivity contribution is -0.384. The number of amidine groups is 1. The molecule has 96 valence electrons. The van der Waals surface area contributed by atoms with Crippen LogP contribution in [0.4, 0.5) is 11.4 Å². The molecule has 0 aliphatic rings. The number of benzene rings is 1. The van der Waals surface area contributed by atoms with Gasteiger partial charge < -0.3 is 10.5 Å². The Kier molecular flexibility index (Phi) is 4.61. The van der Waals surface area contributed by atoms with Crippen molar-refractivity contribution in [3.63, 3.8) is 0 Å². The fraction of sp³-hybridized carbons (Fsp3) is 0.200. The molecule has 8 heteroatoms. The Bertz CT molecular complexity index is 487. The molecule has 18 heavy (non-hydrogen) atoms. The Balaban J connectivity index is 2.83. The number of carbonyl (C=O) groups excluding carboxylic acids is 1. The summed E-state index contributed by atoms with van der Waals surface area (Å²) in [5.41, 5.74) is 7.64. The summed E-state index contributed by atoms with van der Waals surface area (Å²) in [6.45, 7) is 1.79. The third-order valence-corrected chi connectivity index (χ3v) is 1.88. The number of hydrogen-bond acceptors (Lipinski definition) is 6. The summed E-state index contributed by atoms with van der Waals surface area (Å²) in [6.07, 6.45) is 0. The number of esters is 1. The number of hydrogen-bond donors (Lipinski definition) is 2. The van der Waals surface area contributed by atoms with E-state index in [4.69, 9.17) is 5.73 Å². The van der Waals surface area contributed by atoms with Crippen molar-refractivity contribution in [2.24, 2.45) is 10.8 Å². The number of rotatable bonds is 4. The van der Waals surface area contributed by atoms with E-state index in [-0.39, 0.29) is 18.0 Å². The first-order valence-corrected chi connectivity index (χ1v) is 5.06. The van der Waals surface area contributed by atoms with Crippen LogP contribution >= 0.6 is 0 Å². The van der Waals surface area contributed by atoms with Gasteiger partial charge in [0.15, 0.2) is 0 Å². The number of para-hydroxylation sites is 2. The van der Waals surface area contributed by atoms with Gasteiger partial charge in [-0.3, -0.25) is 15.5 Å². The van der Waals surface area contributed by atoms with Crippen molar-refractivity contribution >= 4 is 23.2 Å². The minimum absolute atomic E-state index is 0.134. The SMILES string of the molecule is CCOC(=O)/C(N)=N/Nc1ccccc1[N+](=O)[O-]. The van der Waals surface area contributed by atoms with E-state index in [2.05, 4.69) is 15.3 Å². The maximum atomic E-state index is 11.1. The number of nitrogens with zero attached hydrogens (tertiary/aromatic N) is 2. The molecule has 0 unspecified atom stereocenters. The molecule has 1 rings (SSSR count). The average molecular weight is 252 g/mol. The van der Waals surface area contributed by atoms with Gasteiger partial charge in [0.1, 0.15) is 5.69 Å². The highest BCUT2D eigenvalue weighted by Gasteiger charge is 2.13. The van der Waals surface area contributed by atoms with Crippen molar-refractivity contribution in [1.29, 1.82) is 0 Å². The molecule has 0 aliphatic heterocycles. The molecule has 0 atom stereocenters. The molecule has 0 aliphatic carbocycles. The van der Waals surface area contributed by atoms with E-state index in [0.29, 0.717) is 0 Å². The average Bonchev–Trinajstić information content (AvgIpc) is 2.36. The van der Waals surface area contributed by atoms with Crippen LogP contribution in [0.25, 0.3) is 0 Å². The largest absolute Gasteiger partial charge is 0.460 e. The number of hydrazone groups is 1. The van der Waals surface area contributed by atoms with E-state index < -0.39 is 16.7 Å². The summed E-state index contributed by atoms with van der Waals surface area (Å²) >= 11 is 0. The third kappa shape index (κ3) is 3.44. The maximum Gasteiger partial charge on any atom is 0.375 e. The monoisotopic (exact) mass is 252 g/mol. The van der Waals surface area contributed by atoms with Crippen molar-refractivity contribution in [3.05, 3.63) is 34.4 Å². The third-order valence-electron chi connectivity index (χ3n) is 1.88. The number of nitrogens with one attached hydrogen (secondary N) is 1. The zero-order chi connectivity index (χ0) is 13.5. The Morgan fingerprint density at radius 1 is 1.56 bits per heavy atom. The predicted molar refractivity (Wildman–Crippen MR) is 65.0 cm³/mol.